The van der Waals surface area contributed by atoms with E-state index < -0.39 is 23.8 Å². The number of rotatable bonds is 7. The molecular weight excluding hydrogens is 236 g/mol. The summed E-state index contributed by atoms with van der Waals surface area (Å²) in [5, 5.41) is 0. The van der Waals surface area contributed by atoms with Crippen molar-refractivity contribution in [2.75, 3.05) is 13.2 Å². The Bertz CT molecular complexity index is 291. The molecule has 0 amide bonds. The van der Waals surface area contributed by atoms with Crippen LogP contribution in [0.1, 0.15) is 34.6 Å². The molecule has 0 aromatic rings. The molecule has 5 heteroatoms. The molecule has 0 aromatic heterocycles. The number of ketones is 1. The van der Waals surface area contributed by atoms with Gasteiger partial charge in [0.25, 0.3) is 0 Å². The first-order valence-corrected chi connectivity index (χ1v) is 6.23. The second kappa shape index (κ2) is 7.84. The number of ether oxygens (including phenoxy) is 2. The lowest BCUT2D eigenvalue weighted by Crippen LogP contribution is -2.38. The van der Waals surface area contributed by atoms with Crippen molar-refractivity contribution in [3.05, 3.63) is 0 Å². The van der Waals surface area contributed by atoms with Crippen molar-refractivity contribution in [3.63, 3.8) is 0 Å². The smallest absolute Gasteiger partial charge is 0.321 e. The largest absolute Gasteiger partial charge is 0.465 e. The zero-order chi connectivity index (χ0) is 14.3. The van der Waals surface area contributed by atoms with E-state index in [-0.39, 0.29) is 24.9 Å². The van der Waals surface area contributed by atoms with E-state index in [0.29, 0.717) is 0 Å². The molecule has 0 bridgehead atoms. The van der Waals surface area contributed by atoms with Crippen molar-refractivity contribution < 1.29 is 23.9 Å². The van der Waals surface area contributed by atoms with Crippen LogP contribution in [0.3, 0.4) is 0 Å². The Morgan fingerprint density at radius 3 is 1.56 bits per heavy atom. The van der Waals surface area contributed by atoms with Crippen LogP contribution >= 0.6 is 0 Å². The lowest BCUT2D eigenvalue weighted by Gasteiger charge is -2.21. The van der Waals surface area contributed by atoms with Crippen LogP contribution in [0.25, 0.3) is 0 Å². The number of esters is 2. The van der Waals surface area contributed by atoms with Gasteiger partial charge in [0.2, 0.25) is 0 Å². The molecule has 1 unspecified atom stereocenters. The van der Waals surface area contributed by atoms with Crippen molar-refractivity contribution in [1.29, 1.82) is 0 Å². The third-order valence-electron chi connectivity index (χ3n) is 2.60. The minimum absolute atomic E-state index is 0.152. The highest BCUT2D eigenvalue weighted by atomic mass is 16.6. The lowest BCUT2D eigenvalue weighted by atomic mass is 9.85. The van der Waals surface area contributed by atoms with E-state index in [9.17, 15) is 14.4 Å². The molecule has 0 radical (unpaired) electrons. The molecule has 0 aliphatic rings. The van der Waals surface area contributed by atoms with Gasteiger partial charge in [-0.05, 0) is 13.8 Å². The number of Topliss-reactive ketones (excluding diaryl/α,β-unsaturated/α-hetero) is 1. The highest BCUT2D eigenvalue weighted by molar-refractivity contribution is 6.00. The predicted molar refractivity (Wildman–Crippen MR) is 65.8 cm³/mol. The van der Waals surface area contributed by atoms with Crippen LogP contribution in [-0.4, -0.2) is 30.9 Å². The molecule has 1 atom stereocenters. The summed E-state index contributed by atoms with van der Waals surface area (Å²) >= 11 is 0. The first-order valence-electron chi connectivity index (χ1n) is 6.23. The first kappa shape index (κ1) is 16.6. The molecule has 0 aliphatic carbocycles. The molecule has 0 aromatic carbocycles. The fourth-order valence-corrected chi connectivity index (χ4v) is 1.66. The third kappa shape index (κ3) is 4.47. The van der Waals surface area contributed by atoms with Gasteiger partial charge in [-0.2, -0.15) is 0 Å². The number of hydrogen-bond donors (Lipinski definition) is 0. The van der Waals surface area contributed by atoms with Crippen molar-refractivity contribution in [1.82, 2.24) is 0 Å². The predicted octanol–water partition coefficient (Wildman–Crippen LogP) is 1.59. The summed E-state index contributed by atoms with van der Waals surface area (Å²) in [4.78, 5) is 35.4. The molecule has 0 saturated heterocycles. The molecular formula is C13H22O5. The molecule has 0 saturated carbocycles. The van der Waals surface area contributed by atoms with Crippen molar-refractivity contribution in [3.8, 4) is 0 Å². The van der Waals surface area contributed by atoms with E-state index in [4.69, 9.17) is 9.47 Å². The summed E-state index contributed by atoms with van der Waals surface area (Å²) in [6.07, 6.45) is 0. The van der Waals surface area contributed by atoms with Crippen molar-refractivity contribution in [2.45, 2.75) is 34.6 Å². The van der Waals surface area contributed by atoms with E-state index in [2.05, 4.69) is 0 Å². The molecule has 0 rings (SSSR count). The van der Waals surface area contributed by atoms with Gasteiger partial charge in [-0.25, -0.2) is 0 Å². The van der Waals surface area contributed by atoms with Gasteiger partial charge in [-0.15, -0.1) is 0 Å². The Hall–Kier alpha value is -1.39. The molecule has 0 aliphatic heterocycles. The van der Waals surface area contributed by atoms with Gasteiger partial charge in [0.1, 0.15) is 5.78 Å². The summed E-state index contributed by atoms with van der Waals surface area (Å²) in [5.41, 5.74) is 0. The van der Waals surface area contributed by atoms with Gasteiger partial charge in [0.15, 0.2) is 5.92 Å². The molecule has 5 nitrogen and oxygen atoms in total. The van der Waals surface area contributed by atoms with E-state index in [1.807, 2.05) is 0 Å². The monoisotopic (exact) mass is 258 g/mol. The number of carbonyl (C=O) groups is 3. The van der Waals surface area contributed by atoms with Gasteiger partial charge in [-0.3, -0.25) is 14.4 Å². The van der Waals surface area contributed by atoms with Gasteiger partial charge >= 0.3 is 11.9 Å². The average molecular weight is 258 g/mol. The lowest BCUT2D eigenvalue weighted by molar-refractivity contribution is -0.166. The Kier molecular flexibility index (Phi) is 7.24. The van der Waals surface area contributed by atoms with Gasteiger partial charge in [0.05, 0.1) is 13.2 Å². The van der Waals surface area contributed by atoms with Crippen LogP contribution in [0.4, 0.5) is 0 Å². The van der Waals surface area contributed by atoms with E-state index >= 15 is 0 Å². The van der Waals surface area contributed by atoms with Gasteiger partial charge in [-0.1, -0.05) is 20.8 Å². The second-order valence-electron chi connectivity index (χ2n) is 4.33. The highest BCUT2D eigenvalue weighted by Gasteiger charge is 2.39. The number of carbonyl (C=O) groups excluding carboxylic acids is 3. The van der Waals surface area contributed by atoms with E-state index in [1.165, 1.54) is 0 Å². The first-order chi connectivity index (χ1) is 8.36. The van der Waals surface area contributed by atoms with Gasteiger partial charge in [0, 0.05) is 11.8 Å². The molecule has 0 N–H and O–H groups in total. The SMILES string of the molecule is CCOC(=O)C(C(=O)OCC)C(C)C(=O)C(C)C. The molecule has 104 valence electrons. The zero-order valence-electron chi connectivity index (χ0n) is 11.7. The fraction of sp³-hybridized carbons (Fsp3) is 0.769. The Labute approximate surface area is 108 Å². The van der Waals surface area contributed by atoms with Crippen molar-refractivity contribution >= 4 is 17.7 Å². The normalized spacial score (nSPS) is 12.4. The Morgan fingerprint density at radius 1 is 0.889 bits per heavy atom. The van der Waals surface area contributed by atoms with Crippen LogP contribution in [0, 0.1) is 17.8 Å². The molecule has 0 fully saturated rings. The summed E-state index contributed by atoms with van der Waals surface area (Å²) in [5.74, 6) is -3.69. The third-order valence-corrected chi connectivity index (χ3v) is 2.60. The average Bonchev–Trinajstić information content (AvgIpc) is 2.28. The Balaban J connectivity index is 5.02. The van der Waals surface area contributed by atoms with Crippen molar-refractivity contribution in [2.24, 2.45) is 17.8 Å². The summed E-state index contributed by atoms with van der Waals surface area (Å²) in [6.45, 7) is 8.64. The van der Waals surface area contributed by atoms with Crippen LogP contribution in [0.15, 0.2) is 0 Å². The molecule has 0 spiro atoms. The summed E-state index contributed by atoms with van der Waals surface area (Å²) in [7, 11) is 0. The quantitative estimate of drug-likeness (QED) is 0.512. The van der Waals surface area contributed by atoms with E-state index in [1.54, 1.807) is 34.6 Å². The van der Waals surface area contributed by atoms with Crippen LogP contribution < -0.4 is 0 Å². The minimum atomic E-state index is -1.17. The fourth-order valence-electron chi connectivity index (χ4n) is 1.66. The zero-order valence-corrected chi connectivity index (χ0v) is 11.7. The maximum absolute atomic E-state index is 11.9. The number of hydrogen-bond acceptors (Lipinski definition) is 5. The second-order valence-corrected chi connectivity index (χ2v) is 4.33. The minimum Gasteiger partial charge on any atom is -0.465 e. The van der Waals surface area contributed by atoms with Crippen LogP contribution in [-0.2, 0) is 23.9 Å². The van der Waals surface area contributed by atoms with Gasteiger partial charge < -0.3 is 9.47 Å². The van der Waals surface area contributed by atoms with Crippen LogP contribution in [0.2, 0.25) is 0 Å². The molecule has 18 heavy (non-hydrogen) atoms. The van der Waals surface area contributed by atoms with E-state index in [0.717, 1.165) is 0 Å². The summed E-state index contributed by atoms with van der Waals surface area (Å²) in [6, 6.07) is 0. The summed E-state index contributed by atoms with van der Waals surface area (Å²) < 4.78 is 9.66. The van der Waals surface area contributed by atoms with Crippen LogP contribution in [0.5, 0.6) is 0 Å². The standard InChI is InChI=1S/C13H22O5/c1-6-17-12(15)10(13(16)18-7-2)9(5)11(14)8(3)4/h8-10H,6-7H2,1-5H3. The molecule has 0 heterocycles. The highest BCUT2D eigenvalue weighted by Crippen LogP contribution is 2.20. The Morgan fingerprint density at radius 2 is 1.28 bits per heavy atom. The topological polar surface area (TPSA) is 69.7 Å². The maximum Gasteiger partial charge on any atom is 0.321 e. The maximum atomic E-state index is 11.9.